The third-order valence-corrected chi connectivity index (χ3v) is 4.60. The predicted molar refractivity (Wildman–Crippen MR) is 81.0 cm³/mol. The zero-order chi connectivity index (χ0) is 13.1. The van der Waals surface area contributed by atoms with E-state index < -0.39 is 0 Å². The molecule has 2 heterocycles. The van der Waals surface area contributed by atoms with E-state index in [0.717, 1.165) is 28.8 Å². The maximum Gasteiger partial charge on any atom is 0.172 e. The van der Waals surface area contributed by atoms with Gasteiger partial charge in [0.05, 0.1) is 5.69 Å². The molecule has 1 aromatic heterocycles. The molecule has 0 aliphatic carbocycles. The third-order valence-electron chi connectivity index (χ3n) is 2.79. The lowest BCUT2D eigenvalue weighted by Crippen LogP contribution is -2.22. The second-order valence-electron chi connectivity index (χ2n) is 4.09. The summed E-state index contributed by atoms with van der Waals surface area (Å²) in [6.45, 7) is 3.92. The number of hydrogen-bond donors (Lipinski definition) is 0. The summed E-state index contributed by atoms with van der Waals surface area (Å²) < 4.78 is 2.98. The van der Waals surface area contributed by atoms with Gasteiger partial charge < -0.3 is 4.90 Å². The predicted octanol–water partition coefficient (Wildman–Crippen LogP) is 3.36. The first kappa shape index (κ1) is 12.5. The Hall–Kier alpha value is -1.53. The highest BCUT2D eigenvalue weighted by atomic mass is 32.2. The Labute approximate surface area is 120 Å². The topological polar surface area (TPSA) is 31.7 Å². The van der Waals surface area contributed by atoms with E-state index in [1.165, 1.54) is 0 Å². The minimum absolute atomic E-state index is 0.821. The van der Waals surface area contributed by atoms with Crippen LogP contribution in [0, 0.1) is 0 Å². The average molecular weight is 290 g/mol. The van der Waals surface area contributed by atoms with Crippen LogP contribution in [-0.2, 0) is 0 Å². The third kappa shape index (κ3) is 2.90. The molecule has 2 aromatic rings. The SMILES string of the molecule is CCN1C=NN(Sc2nc(-c3ccccc3)cs2)C1. The van der Waals surface area contributed by atoms with Crippen LogP contribution in [0.2, 0.25) is 0 Å². The molecule has 1 aliphatic heterocycles. The minimum atomic E-state index is 0.821. The molecule has 3 rings (SSSR count). The molecule has 0 atom stereocenters. The Morgan fingerprint density at radius 2 is 2.16 bits per heavy atom. The largest absolute Gasteiger partial charge is 0.341 e. The van der Waals surface area contributed by atoms with Gasteiger partial charge in [-0.05, 0) is 6.92 Å². The van der Waals surface area contributed by atoms with Gasteiger partial charge in [0.1, 0.15) is 13.0 Å². The van der Waals surface area contributed by atoms with Gasteiger partial charge in [-0.25, -0.2) is 9.40 Å². The fourth-order valence-corrected chi connectivity index (χ4v) is 3.47. The Balaban J connectivity index is 1.68. The first-order chi connectivity index (χ1) is 9.35. The number of hydrogen-bond acceptors (Lipinski definition) is 6. The van der Waals surface area contributed by atoms with Gasteiger partial charge in [-0.1, -0.05) is 30.3 Å². The van der Waals surface area contributed by atoms with E-state index in [9.17, 15) is 0 Å². The van der Waals surface area contributed by atoms with Crippen molar-refractivity contribution in [1.82, 2.24) is 14.3 Å². The molecular formula is C13H14N4S2. The molecule has 4 nitrogen and oxygen atoms in total. The van der Waals surface area contributed by atoms with Gasteiger partial charge in [0.25, 0.3) is 0 Å². The zero-order valence-electron chi connectivity index (χ0n) is 10.6. The monoisotopic (exact) mass is 290 g/mol. The first-order valence-electron chi connectivity index (χ1n) is 6.10. The molecule has 0 spiro atoms. The van der Waals surface area contributed by atoms with Gasteiger partial charge in [-0.2, -0.15) is 5.10 Å². The van der Waals surface area contributed by atoms with Crippen LogP contribution in [0.5, 0.6) is 0 Å². The summed E-state index contributed by atoms with van der Waals surface area (Å²) in [5.74, 6) is 0. The summed E-state index contributed by atoms with van der Waals surface area (Å²) in [6, 6.07) is 10.2. The molecule has 0 bridgehead atoms. The van der Waals surface area contributed by atoms with Gasteiger partial charge >= 0.3 is 0 Å². The highest BCUT2D eigenvalue weighted by molar-refractivity contribution is 7.98. The molecule has 0 N–H and O–H groups in total. The minimum Gasteiger partial charge on any atom is -0.341 e. The maximum atomic E-state index is 4.64. The second-order valence-corrected chi connectivity index (χ2v) is 6.19. The molecule has 0 fully saturated rings. The zero-order valence-corrected chi connectivity index (χ0v) is 12.2. The number of aromatic nitrogens is 1. The van der Waals surface area contributed by atoms with Gasteiger partial charge in [0.2, 0.25) is 0 Å². The molecule has 98 valence electrons. The fraction of sp³-hybridized carbons (Fsp3) is 0.231. The lowest BCUT2D eigenvalue weighted by molar-refractivity contribution is 0.370. The highest BCUT2D eigenvalue weighted by Gasteiger charge is 2.15. The quantitative estimate of drug-likeness (QED) is 0.808. The molecule has 0 unspecified atom stereocenters. The van der Waals surface area contributed by atoms with Crippen molar-refractivity contribution in [3.05, 3.63) is 35.7 Å². The van der Waals surface area contributed by atoms with Crippen LogP contribution in [0.15, 0.2) is 45.2 Å². The lowest BCUT2D eigenvalue weighted by Gasteiger charge is -2.14. The standard InChI is InChI=1S/C13H14N4S2/c1-2-16-9-14-17(10-16)19-13-15-12(8-18-13)11-6-4-3-5-7-11/h3-9H,2,10H2,1H3. The maximum absolute atomic E-state index is 4.64. The number of hydrazone groups is 1. The van der Waals surface area contributed by atoms with Crippen molar-refractivity contribution in [2.24, 2.45) is 5.10 Å². The normalized spacial score (nSPS) is 14.4. The summed E-state index contributed by atoms with van der Waals surface area (Å²) >= 11 is 3.24. The van der Waals surface area contributed by atoms with E-state index in [-0.39, 0.29) is 0 Å². The highest BCUT2D eigenvalue weighted by Crippen LogP contribution is 2.31. The molecule has 1 aliphatic rings. The summed E-state index contributed by atoms with van der Waals surface area (Å²) in [4.78, 5) is 6.79. The molecule has 0 saturated carbocycles. The number of rotatable bonds is 4. The van der Waals surface area contributed by atoms with E-state index in [1.54, 1.807) is 23.3 Å². The van der Waals surface area contributed by atoms with Gasteiger partial charge in [-0.15, -0.1) is 11.3 Å². The second kappa shape index (κ2) is 5.63. The summed E-state index contributed by atoms with van der Waals surface area (Å²) in [7, 11) is 0. The van der Waals surface area contributed by atoms with E-state index in [4.69, 9.17) is 0 Å². The van der Waals surface area contributed by atoms with Gasteiger partial charge in [0, 0.05) is 29.4 Å². The van der Waals surface area contributed by atoms with Crippen LogP contribution in [-0.4, -0.2) is 33.9 Å². The fourth-order valence-electron chi connectivity index (χ4n) is 1.72. The van der Waals surface area contributed by atoms with E-state index in [2.05, 4.69) is 39.4 Å². The van der Waals surface area contributed by atoms with Crippen LogP contribution in [0.3, 0.4) is 0 Å². The van der Waals surface area contributed by atoms with Crippen molar-refractivity contribution in [1.29, 1.82) is 0 Å². The van der Waals surface area contributed by atoms with Crippen LogP contribution in [0.4, 0.5) is 0 Å². The molecule has 19 heavy (non-hydrogen) atoms. The molecule has 1 aromatic carbocycles. The Morgan fingerprint density at radius 3 is 2.89 bits per heavy atom. The van der Waals surface area contributed by atoms with Crippen molar-refractivity contribution in [2.45, 2.75) is 11.3 Å². The van der Waals surface area contributed by atoms with Crippen LogP contribution < -0.4 is 0 Å². The smallest absolute Gasteiger partial charge is 0.172 e. The first-order valence-corrected chi connectivity index (χ1v) is 7.75. The summed E-state index contributed by atoms with van der Waals surface area (Å²) in [6.07, 6.45) is 1.87. The van der Waals surface area contributed by atoms with E-state index >= 15 is 0 Å². The van der Waals surface area contributed by atoms with Crippen LogP contribution in [0.25, 0.3) is 11.3 Å². The molecule has 0 radical (unpaired) electrons. The van der Waals surface area contributed by atoms with E-state index in [1.807, 2.05) is 29.0 Å². The van der Waals surface area contributed by atoms with E-state index in [0.29, 0.717) is 0 Å². The molecule has 0 saturated heterocycles. The number of nitrogens with zero attached hydrogens (tertiary/aromatic N) is 4. The van der Waals surface area contributed by atoms with Gasteiger partial charge in [-0.3, -0.25) is 0 Å². The van der Waals surface area contributed by atoms with Gasteiger partial charge in [0.15, 0.2) is 4.34 Å². The Kier molecular flexibility index (Phi) is 3.70. The molecule has 0 amide bonds. The summed E-state index contributed by atoms with van der Waals surface area (Å²) in [5.41, 5.74) is 2.19. The van der Waals surface area contributed by atoms with Crippen molar-refractivity contribution >= 4 is 29.6 Å². The lowest BCUT2D eigenvalue weighted by atomic mass is 10.2. The average Bonchev–Trinajstić information content (AvgIpc) is 3.09. The van der Waals surface area contributed by atoms with Crippen LogP contribution >= 0.6 is 23.3 Å². The van der Waals surface area contributed by atoms with Crippen LogP contribution in [0.1, 0.15) is 6.92 Å². The number of benzene rings is 1. The van der Waals surface area contributed by atoms with Crippen molar-refractivity contribution < 1.29 is 0 Å². The van der Waals surface area contributed by atoms with Crippen molar-refractivity contribution in [3.8, 4) is 11.3 Å². The van der Waals surface area contributed by atoms with Crippen molar-refractivity contribution in [3.63, 3.8) is 0 Å². The molecular weight excluding hydrogens is 276 g/mol. The Bertz CT molecular complexity index is 567. The Morgan fingerprint density at radius 1 is 1.32 bits per heavy atom. The summed E-state index contributed by atoms with van der Waals surface area (Å²) in [5, 5.41) is 6.42. The van der Waals surface area contributed by atoms with Crippen molar-refractivity contribution in [2.75, 3.05) is 13.2 Å². The number of thiazole rings is 1. The molecule has 6 heteroatoms.